The van der Waals surface area contributed by atoms with Gasteiger partial charge in [0.15, 0.2) is 5.92 Å². The van der Waals surface area contributed by atoms with Gasteiger partial charge in [0.25, 0.3) is 0 Å². The van der Waals surface area contributed by atoms with Crippen molar-refractivity contribution in [3.63, 3.8) is 0 Å². The summed E-state index contributed by atoms with van der Waals surface area (Å²) in [6.07, 6.45) is 6.96. The van der Waals surface area contributed by atoms with Crippen molar-refractivity contribution in [1.29, 1.82) is 0 Å². The summed E-state index contributed by atoms with van der Waals surface area (Å²) in [5, 5.41) is 3.70. The number of nitrogens with one attached hydrogen (secondary N) is 1. The summed E-state index contributed by atoms with van der Waals surface area (Å²) in [5.74, 6) is -2.34. The number of aryl methyl sites for hydroxylation is 1. The number of hydrogen-bond acceptors (Lipinski definition) is 7. The molecule has 0 amide bonds. The molecule has 1 N–H and O–H groups in total. The fourth-order valence-electron chi connectivity index (χ4n) is 5.67. The van der Waals surface area contributed by atoms with E-state index in [1.807, 2.05) is 32.2 Å². The molecule has 1 heterocycles. The molecule has 1 aromatic rings. The number of anilines is 1. The van der Waals surface area contributed by atoms with Gasteiger partial charge in [-0.15, -0.1) is 0 Å². The molecule has 0 unspecified atom stereocenters. The molecule has 3 rings (SSSR count). The Morgan fingerprint density at radius 1 is 0.947 bits per heavy atom. The van der Waals surface area contributed by atoms with E-state index >= 15 is 0 Å². The van der Waals surface area contributed by atoms with Crippen molar-refractivity contribution < 1.29 is 23.8 Å². The lowest BCUT2D eigenvalue weighted by Crippen LogP contribution is -2.53. The maximum atomic E-state index is 13.3. The number of esters is 2. The van der Waals surface area contributed by atoms with Crippen molar-refractivity contribution in [2.24, 2.45) is 0 Å². The van der Waals surface area contributed by atoms with Crippen molar-refractivity contribution in [2.45, 2.75) is 129 Å². The molecule has 0 bridgehead atoms. The first kappa shape index (κ1) is 30.4. The molecule has 7 heteroatoms. The van der Waals surface area contributed by atoms with Gasteiger partial charge in [0.1, 0.15) is 11.2 Å². The summed E-state index contributed by atoms with van der Waals surface area (Å²) in [4.78, 5) is 29.3. The number of rotatable bonds is 7. The topological polar surface area (TPSA) is 77.1 Å². The highest BCUT2D eigenvalue weighted by Crippen LogP contribution is 2.37. The number of methoxy groups -OCH3 is 1. The lowest BCUT2D eigenvalue weighted by molar-refractivity contribution is -0.169. The van der Waals surface area contributed by atoms with Gasteiger partial charge >= 0.3 is 11.9 Å². The zero-order valence-electron chi connectivity index (χ0n) is 25.1. The summed E-state index contributed by atoms with van der Waals surface area (Å²) >= 11 is 0. The Bertz CT molecular complexity index is 933. The predicted octanol–water partition coefficient (Wildman–Crippen LogP) is 5.99. The van der Waals surface area contributed by atoms with Crippen LogP contribution in [0.5, 0.6) is 0 Å². The number of nitrogens with zero attached hydrogens (tertiary/aromatic N) is 1. The molecule has 0 spiro atoms. The van der Waals surface area contributed by atoms with E-state index < -0.39 is 29.1 Å². The van der Waals surface area contributed by atoms with E-state index in [0.29, 0.717) is 11.7 Å². The number of ether oxygens (including phenoxy) is 3. The number of benzene rings is 1. The largest absolute Gasteiger partial charge is 0.459 e. The highest BCUT2D eigenvalue weighted by molar-refractivity contribution is 6.02. The Kier molecular flexibility index (Phi) is 9.57. The van der Waals surface area contributed by atoms with Gasteiger partial charge in [0.2, 0.25) is 0 Å². The molecular weight excluding hydrogens is 480 g/mol. The van der Waals surface area contributed by atoms with Gasteiger partial charge in [-0.2, -0.15) is 0 Å². The number of carbonyl (C=O) groups excluding carboxylic acids is 2. The van der Waals surface area contributed by atoms with Crippen LogP contribution < -0.4 is 5.32 Å². The van der Waals surface area contributed by atoms with Crippen molar-refractivity contribution in [3.8, 4) is 0 Å². The SMILES string of the molecule is COC1CCC(C)(N2CCC(Nc3cc(C)ccc3C(C(=O)OC(C)(C)C)C(=O)OC(C)(C)C)CC2)CC1. The highest BCUT2D eigenvalue weighted by atomic mass is 16.6. The lowest BCUT2D eigenvalue weighted by atomic mass is 9.79. The molecule has 0 atom stereocenters. The van der Waals surface area contributed by atoms with Crippen LogP contribution in [0.1, 0.15) is 104 Å². The Balaban J connectivity index is 1.78. The third-order valence-corrected chi connectivity index (χ3v) is 7.77. The van der Waals surface area contributed by atoms with E-state index in [0.717, 1.165) is 50.0 Å². The average molecular weight is 531 g/mol. The summed E-state index contributed by atoms with van der Waals surface area (Å²) in [5.41, 5.74) is 1.25. The second-order valence-corrected chi connectivity index (χ2v) is 13.4. The van der Waals surface area contributed by atoms with Crippen LogP contribution in [0, 0.1) is 6.92 Å². The molecule has 214 valence electrons. The minimum Gasteiger partial charge on any atom is -0.459 e. The van der Waals surface area contributed by atoms with E-state index in [4.69, 9.17) is 14.2 Å². The Hall–Kier alpha value is -2.12. The number of carbonyl (C=O) groups is 2. The smallest absolute Gasteiger partial charge is 0.325 e. The fourth-order valence-corrected chi connectivity index (χ4v) is 5.67. The third kappa shape index (κ3) is 8.19. The van der Waals surface area contributed by atoms with Crippen LogP contribution in [0.2, 0.25) is 0 Å². The number of likely N-dealkylation sites (tertiary alicyclic amines) is 1. The number of hydrogen-bond donors (Lipinski definition) is 1. The van der Waals surface area contributed by atoms with Crippen LogP contribution in [0.15, 0.2) is 18.2 Å². The zero-order chi connectivity index (χ0) is 28.3. The van der Waals surface area contributed by atoms with E-state index in [9.17, 15) is 9.59 Å². The molecule has 0 aromatic heterocycles. The summed E-state index contributed by atoms with van der Waals surface area (Å²) in [6.45, 7) is 17.3. The molecular formula is C31H50N2O5. The van der Waals surface area contributed by atoms with E-state index in [1.54, 1.807) is 41.5 Å². The molecule has 1 saturated heterocycles. The highest BCUT2D eigenvalue weighted by Gasteiger charge is 2.40. The zero-order valence-corrected chi connectivity index (χ0v) is 25.1. The standard InChI is InChI=1S/C31H50N2O5/c1-21-10-11-24(26(27(34)37-29(2,3)4)28(35)38-30(5,6)7)25(20-21)32-22-14-18-33(19-15-22)31(8)16-12-23(36-9)13-17-31/h10-11,20,22-23,26,32H,12-19H2,1-9H3. The van der Waals surface area contributed by atoms with Crippen molar-refractivity contribution in [2.75, 3.05) is 25.5 Å². The first-order valence-corrected chi connectivity index (χ1v) is 14.2. The van der Waals surface area contributed by atoms with Gasteiger partial charge < -0.3 is 19.5 Å². The van der Waals surface area contributed by atoms with Crippen LogP contribution in [0.4, 0.5) is 5.69 Å². The second-order valence-electron chi connectivity index (χ2n) is 13.4. The predicted molar refractivity (Wildman–Crippen MR) is 151 cm³/mol. The first-order valence-electron chi connectivity index (χ1n) is 14.2. The monoisotopic (exact) mass is 530 g/mol. The molecule has 2 fully saturated rings. The quantitative estimate of drug-likeness (QED) is 0.343. The molecule has 1 saturated carbocycles. The molecule has 1 aliphatic heterocycles. The van der Waals surface area contributed by atoms with Crippen molar-refractivity contribution >= 4 is 17.6 Å². The molecule has 38 heavy (non-hydrogen) atoms. The van der Waals surface area contributed by atoms with Crippen molar-refractivity contribution in [1.82, 2.24) is 4.90 Å². The van der Waals surface area contributed by atoms with E-state index in [2.05, 4.69) is 17.1 Å². The Morgan fingerprint density at radius 3 is 1.95 bits per heavy atom. The van der Waals surface area contributed by atoms with Crippen molar-refractivity contribution in [3.05, 3.63) is 29.3 Å². The van der Waals surface area contributed by atoms with Gasteiger partial charge in [-0.3, -0.25) is 14.5 Å². The minimum atomic E-state index is -1.16. The maximum Gasteiger partial charge on any atom is 0.325 e. The summed E-state index contributed by atoms with van der Waals surface area (Å²) < 4.78 is 17.0. The normalized spacial score (nSPS) is 23.8. The van der Waals surface area contributed by atoms with E-state index in [1.165, 1.54) is 12.8 Å². The van der Waals surface area contributed by atoms with Crippen LogP contribution in [-0.2, 0) is 23.8 Å². The second kappa shape index (κ2) is 12.0. The Labute approximate surface area is 230 Å². The van der Waals surface area contributed by atoms with Crippen LogP contribution in [0.3, 0.4) is 0 Å². The van der Waals surface area contributed by atoms with Gasteiger partial charge in [-0.1, -0.05) is 12.1 Å². The maximum absolute atomic E-state index is 13.3. The van der Waals surface area contributed by atoms with Gasteiger partial charge in [-0.05, 0) is 106 Å². The summed E-state index contributed by atoms with van der Waals surface area (Å²) in [6, 6.07) is 6.07. The number of piperidine rings is 1. The first-order chi connectivity index (χ1) is 17.6. The molecule has 7 nitrogen and oxygen atoms in total. The lowest BCUT2D eigenvalue weighted by Gasteiger charge is -2.48. The minimum absolute atomic E-state index is 0.229. The molecule has 0 radical (unpaired) electrons. The average Bonchev–Trinajstić information content (AvgIpc) is 2.79. The Morgan fingerprint density at radius 2 is 1.47 bits per heavy atom. The molecule has 1 aliphatic carbocycles. The third-order valence-electron chi connectivity index (χ3n) is 7.77. The van der Waals surface area contributed by atoms with Gasteiger partial charge in [0, 0.05) is 43.0 Å². The van der Waals surface area contributed by atoms with Crippen LogP contribution >= 0.6 is 0 Å². The van der Waals surface area contributed by atoms with Gasteiger partial charge in [0.05, 0.1) is 6.10 Å². The fraction of sp³-hybridized carbons (Fsp3) is 0.742. The van der Waals surface area contributed by atoms with E-state index in [-0.39, 0.29) is 11.6 Å². The molecule has 1 aromatic carbocycles. The summed E-state index contributed by atoms with van der Waals surface area (Å²) in [7, 11) is 1.82. The van der Waals surface area contributed by atoms with Crippen LogP contribution in [0.25, 0.3) is 0 Å². The van der Waals surface area contributed by atoms with Crippen LogP contribution in [-0.4, -0.2) is 65.9 Å². The van der Waals surface area contributed by atoms with Gasteiger partial charge in [-0.25, -0.2) is 0 Å². The molecule has 2 aliphatic rings.